The molecule has 1 heterocycles. The van der Waals surface area contributed by atoms with Crippen LogP contribution in [0.5, 0.6) is 0 Å². The van der Waals surface area contributed by atoms with Gasteiger partial charge in [0.25, 0.3) is 0 Å². The normalized spacial score (nSPS) is 18.3. The van der Waals surface area contributed by atoms with E-state index in [0.717, 1.165) is 44.5 Å². The van der Waals surface area contributed by atoms with Crippen LogP contribution in [0.15, 0.2) is 24.3 Å². The van der Waals surface area contributed by atoms with Crippen LogP contribution in [0, 0.1) is 11.8 Å². The smallest absolute Gasteiger partial charge is 0.227 e. The predicted molar refractivity (Wildman–Crippen MR) is 105 cm³/mol. The van der Waals surface area contributed by atoms with Crippen molar-refractivity contribution >= 4 is 23.2 Å². The molecule has 0 bridgehead atoms. The van der Waals surface area contributed by atoms with E-state index in [1.807, 2.05) is 17.0 Å². The number of piperidine rings is 1. The standard InChI is InChI=1S/C21H31N3O2/c1-3-23(4-2)19-10-8-18(9-11-19)22-20(25)16-12-14-24(15-13-16)21(26)17-6-5-7-17/h8-11,16-17H,3-7,12-15H2,1-2H3,(H,22,25). The second kappa shape index (κ2) is 8.56. The molecule has 2 aliphatic rings. The van der Waals surface area contributed by atoms with Gasteiger partial charge >= 0.3 is 0 Å². The first-order chi connectivity index (χ1) is 12.6. The first-order valence-corrected chi connectivity index (χ1v) is 10.1. The number of carbonyl (C=O) groups excluding carboxylic acids is 2. The van der Waals surface area contributed by atoms with Crippen LogP contribution in [0.25, 0.3) is 0 Å². The van der Waals surface area contributed by atoms with Crippen LogP contribution in [-0.2, 0) is 9.59 Å². The first kappa shape index (κ1) is 18.7. The quantitative estimate of drug-likeness (QED) is 0.848. The molecule has 0 radical (unpaired) electrons. The third-order valence-corrected chi connectivity index (χ3v) is 5.90. The number of likely N-dealkylation sites (tertiary alicyclic amines) is 1. The fraction of sp³-hybridized carbons (Fsp3) is 0.619. The molecule has 0 spiro atoms. The van der Waals surface area contributed by atoms with Crippen molar-refractivity contribution in [2.45, 2.75) is 46.0 Å². The Hall–Kier alpha value is -2.04. The third-order valence-electron chi connectivity index (χ3n) is 5.90. The van der Waals surface area contributed by atoms with Gasteiger partial charge in [-0.15, -0.1) is 0 Å². The fourth-order valence-corrected chi connectivity index (χ4v) is 3.86. The third kappa shape index (κ3) is 4.19. The molecule has 1 aromatic rings. The average Bonchev–Trinajstić information content (AvgIpc) is 2.63. The number of hydrogen-bond acceptors (Lipinski definition) is 3. The van der Waals surface area contributed by atoms with Crippen LogP contribution >= 0.6 is 0 Å². The minimum atomic E-state index is 0.00268. The molecule has 0 unspecified atom stereocenters. The van der Waals surface area contributed by atoms with E-state index >= 15 is 0 Å². The Balaban J connectivity index is 1.48. The molecule has 1 aliphatic heterocycles. The van der Waals surface area contributed by atoms with Crippen molar-refractivity contribution in [2.75, 3.05) is 36.4 Å². The summed E-state index contributed by atoms with van der Waals surface area (Å²) in [6.07, 6.45) is 4.80. The van der Waals surface area contributed by atoms with Crippen molar-refractivity contribution in [1.82, 2.24) is 4.90 Å². The van der Waals surface area contributed by atoms with E-state index in [1.54, 1.807) is 0 Å². The molecule has 0 atom stereocenters. The molecule has 26 heavy (non-hydrogen) atoms. The van der Waals surface area contributed by atoms with E-state index in [-0.39, 0.29) is 17.7 Å². The lowest BCUT2D eigenvalue weighted by atomic mass is 9.83. The number of nitrogens with zero attached hydrogens (tertiary/aromatic N) is 2. The lowest BCUT2D eigenvalue weighted by Crippen LogP contribution is -2.45. The van der Waals surface area contributed by atoms with Crippen LogP contribution < -0.4 is 10.2 Å². The largest absolute Gasteiger partial charge is 0.372 e. The molecule has 0 aromatic heterocycles. The zero-order valence-corrected chi connectivity index (χ0v) is 16.0. The van der Waals surface area contributed by atoms with Crippen molar-refractivity contribution in [1.29, 1.82) is 0 Å². The molecule has 142 valence electrons. The Labute approximate surface area is 156 Å². The molecule has 3 rings (SSSR count). The summed E-state index contributed by atoms with van der Waals surface area (Å²) in [4.78, 5) is 29.1. The van der Waals surface area contributed by atoms with Gasteiger partial charge in [0.2, 0.25) is 11.8 Å². The SMILES string of the molecule is CCN(CC)c1ccc(NC(=O)C2CCN(C(=O)C3CCC3)CC2)cc1. The highest BCUT2D eigenvalue weighted by molar-refractivity contribution is 5.93. The Bertz CT molecular complexity index is 613. The second-order valence-electron chi connectivity index (χ2n) is 7.44. The van der Waals surface area contributed by atoms with Gasteiger partial charge in [-0.25, -0.2) is 0 Å². The molecular formula is C21H31N3O2. The molecule has 1 aromatic carbocycles. The minimum absolute atomic E-state index is 0.00268. The highest BCUT2D eigenvalue weighted by Gasteiger charge is 2.33. The number of hydrogen-bond donors (Lipinski definition) is 1. The summed E-state index contributed by atoms with van der Waals surface area (Å²) in [5.41, 5.74) is 2.02. The minimum Gasteiger partial charge on any atom is -0.372 e. The maximum atomic E-state index is 12.6. The molecule has 5 heteroatoms. The maximum absolute atomic E-state index is 12.6. The first-order valence-electron chi connectivity index (χ1n) is 10.1. The molecule has 1 aliphatic carbocycles. The summed E-state index contributed by atoms with van der Waals surface area (Å²) in [6, 6.07) is 8.06. The van der Waals surface area contributed by atoms with Gasteiger partial charge < -0.3 is 15.1 Å². The highest BCUT2D eigenvalue weighted by Crippen LogP contribution is 2.30. The van der Waals surface area contributed by atoms with Crippen LogP contribution in [0.4, 0.5) is 11.4 Å². The molecule has 5 nitrogen and oxygen atoms in total. The van der Waals surface area contributed by atoms with E-state index in [9.17, 15) is 9.59 Å². The molecule has 1 saturated heterocycles. The summed E-state index contributed by atoms with van der Waals surface area (Å²) in [5, 5.41) is 3.04. The van der Waals surface area contributed by atoms with Gasteiger partial charge in [-0.2, -0.15) is 0 Å². The summed E-state index contributed by atoms with van der Waals surface area (Å²) in [6.45, 7) is 7.66. The molecule has 2 fully saturated rings. The van der Waals surface area contributed by atoms with Crippen molar-refractivity contribution < 1.29 is 9.59 Å². The number of carbonyl (C=O) groups is 2. The number of nitrogens with one attached hydrogen (secondary N) is 1. The van der Waals surface area contributed by atoms with E-state index < -0.39 is 0 Å². The molecule has 2 amide bonds. The summed E-state index contributed by atoms with van der Waals surface area (Å²) in [7, 11) is 0. The van der Waals surface area contributed by atoms with Crippen molar-refractivity contribution in [3.05, 3.63) is 24.3 Å². The molecule has 1 saturated carbocycles. The van der Waals surface area contributed by atoms with Crippen LogP contribution in [0.3, 0.4) is 0 Å². The number of benzene rings is 1. The van der Waals surface area contributed by atoms with E-state index in [4.69, 9.17) is 0 Å². The van der Waals surface area contributed by atoms with E-state index in [1.165, 1.54) is 12.1 Å². The number of amides is 2. The highest BCUT2D eigenvalue weighted by atomic mass is 16.2. The second-order valence-corrected chi connectivity index (χ2v) is 7.44. The fourth-order valence-electron chi connectivity index (χ4n) is 3.86. The van der Waals surface area contributed by atoms with E-state index in [2.05, 4.69) is 36.2 Å². The van der Waals surface area contributed by atoms with Gasteiger partial charge in [-0.3, -0.25) is 9.59 Å². The maximum Gasteiger partial charge on any atom is 0.227 e. The lowest BCUT2D eigenvalue weighted by molar-refractivity contribution is -0.140. The lowest BCUT2D eigenvalue weighted by Gasteiger charge is -2.36. The van der Waals surface area contributed by atoms with Gasteiger partial charge in [-0.1, -0.05) is 6.42 Å². The van der Waals surface area contributed by atoms with Crippen molar-refractivity contribution in [2.24, 2.45) is 11.8 Å². The Morgan fingerprint density at radius 3 is 2.12 bits per heavy atom. The van der Waals surface area contributed by atoms with Crippen molar-refractivity contribution in [3.63, 3.8) is 0 Å². The topological polar surface area (TPSA) is 52.7 Å². The zero-order valence-electron chi connectivity index (χ0n) is 16.0. The van der Waals surface area contributed by atoms with E-state index in [0.29, 0.717) is 19.0 Å². The Morgan fingerprint density at radius 2 is 1.62 bits per heavy atom. The van der Waals surface area contributed by atoms with Crippen LogP contribution in [0.2, 0.25) is 0 Å². The summed E-state index contributed by atoms with van der Waals surface area (Å²) < 4.78 is 0. The monoisotopic (exact) mass is 357 g/mol. The van der Waals surface area contributed by atoms with Gasteiger partial charge in [-0.05, 0) is 63.8 Å². The van der Waals surface area contributed by atoms with Gasteiger partial charge in [0.05, 0.1) is 0 Å². The summed E-state index contributed by atoms with van der Waals surface area (Å²) >= 11 is 0. The molecule has 1 N–H and O–H groups in total. The Morgan fingerprint density at radius 1 is 1.00 bits per heavy atom. The Kier molecular flexibility index (Phi) is 6.17. The van der Waals surface area contributed by atoms with Crippen LogP contribution in [0.1, 0.15) is 46.0 Å². The average molecular weight is 357 g/mol. The zero-order chi connectivity index (χ0) is 18.5. The molecular weight excluding hydrogens is 326 g/mol. The summed E-state index contributed by atoms with van der Waals surface area (Å²) in [5.74, 6) is 0.644. The van der Waals surface area contributed by atoms with Gasteiger partial charge in [0, 0.05) is 49.4 Å². The number of anilines is 2. The predicted octanol–water partition coefficient (Wildman–Crippen LogP) is 3.51. The van der Waals surface area contributed by atoms with Gasteiger partial charge in [0.1, 0.15) is 0 Å². The number of rotatable bonds is 6. The van der Waals surface area contributed by atoms with Crippen LogP contribution in [-0.4, -0.2) is 42.9 Å². The van der Waals surface area contributed by atoms with Gasteiger partial charge in [0.15, 0.2) is 0 Å². The van der Waals surface area contributed by atoms with Crippen molar-refractivity contribution in [3.8, 4) is 0 Å².